The Labute approximate surface area is 92.9 Å². The quantitative estimate of drug-likeness (QED) is 0.516. The number of pyridine rings is 1. The molecule has 2 heterocycles. The van der Waals surface area contributed by atoms with E-state index in [2.05, 4.69) is 25.7 Å². The van der Waals surface area contributed by atoms with Crippen LogP contribution in [-0.4, -0.2) is 15.0 Å². The lowest BCUT2D eigenvalue weighted by molar-refractivity contribution is 1.01. The molecule has 0 spiro atoms. The van der Waals surface area contributed by atoms with Crippen LogP contribution in [0.15, 0.2) is 36.9 Å². The number of aromatic nitrogens is 3. The lowest BCUT2D eigenvalue weighted by atomic mass is 10.3. The lowest BCUT2D eigenvalue weighted by Gasteiger charge is -2.06. The summed E-state index contributed by atoms with van der Waals surface area (Å²) in [5.41, 5.74) is 4.35. The van der Waals surface area contributed by atoms with Gasteiger partial charge < -0.3 is 10.7 Å². The molecule has 0 saturated carbocycles. The Kier molecular flexibility index (Phi) is 3.25. The van der Waals surface area contributed by atoms with Crippen LogP contribution in [0.4, 0.5) is 11.5 Å². The molecule has 0 fully saturated rings. The molecule has 6 nitrogen and oxygen atoms in total. The zero-order chi connectivity index (χ0) is 11.2. The Morgan fingerprint density at radius 3 is 2.88 bits per heavy atom. The van der Waals surface area contributed by atoms with Gasteiger partial charge in [-0.3, -0.25) is 0 Å². The van der Waals surface area contributed by atoms with E-state index >= 15 is 0 Å². The highest BCUT2D eigenvalue weighted by molar-refractivity contribution is 5.51. The number of nitrogens with two attached hydrogens (primary N) is 1. The number of rotatable bonds is 4. The Morgan fingerprint density at radius 2 is 2.12 bits per heavy atom. The van der Waals surface area contributed by atoms with E-state index in [0.29, 0.717) is 12.4 Å². The summed E-state index contributed by atoms with van der Waals surface area (Å²) < 4.78 is 0. The maximum absolute atomic E-state index is 5.27. The van der Waals surface area contributed by atoms with E-state index in [1.807, 2.05) is 18.2 Å². The fourth-order valence-electron chi connectivity index (χ4n) is 1.23. The number of hydrogen-bond donors (Lipinski definition) is 3. The molecule has 82 valence electrons. The zero-order valence-corrected chi connectivity index (χ0v) is 8.59. The molecule has 0 saturated heterocycles. The van der Waals surface area contributed by atoms with Crippen molar-refractivity contribution in [1.29, 1.82) is 0 Å². The number of nitrogens with zero attached hydrogens (tertiary/aromatic N) is 3. The van der Waals surface area contributed by atoms with Gasteiger partial charge in [0.2, 0.25) is 0 Å². The van der Waals surface area contributed by atoms with Crippen molar-refractivity contribution in [2.75, 3.05) is 10.7 Å². The van der Waals surface area contributed by atoms with E-state index in [0.717, 1.165) is 11.4 Å². The third-order valence-corrected chi connectivity index (χ3v) is 2.02. The first-order chi connectivity index (χ1) is 7.88. The number of nitrogen functional groups attached to an aromatic ring is 1. The van der Waals surface area contributed by atoms with Gasteiger partial charge in [0.05, 0.1) is 12.2 Å². The zero-order valence-electron chi connectivity index (χ0n) is 8.59. The first-order valence-electron chi connectivity index (χ1n) is 4.80. The third kappa shape index (κ3) is 2.64. The Balaban J connectivity index is 1.99. The summed E-state index contributed by atoms with van der Waals surface area (Å²) in [5, 5.41) is 3.21. The molecule has 0 radical (unpaired) electrons. The van der Waals surface area contributed by atoms with Crippen LogP contribution in [0.1, 0.15) is 5.69 Å². The van der Waals surface area contributed by atoms with E-state index in [1.165, 1.54) is 6.33 Å². The van der Waals surface area contributed by atoms with Crippen molar-refractivity contribution in [3.8, 4) is 0 Å². The van der Waals surface area contributed by atoms with Crippen LogP contribution in [-0.2, 0) is 6.54 Å². The average Bonchev–Trinajstić information content (AvgIpc) is 2.38. The Bertz CT molecular complexity index is 444. The van der Waals surface area contributed by atoms with Gasteiger partial charge in [0, 0.05) is 24.1 Å². The van der Waals surface area contributed by atoms with Gasteiger partial charge in [0.15, 0.2) is 0 Å². The van der Waals surface area contributed by atoms with E-state index < -0.39 is 0 Å². The van der Waals surface area contributed by atoms with E-state index in [-0.39, 0.29) is 0 Å². The number of hydrazine groups is 1. The molecule has 16 heavy (non-hydrogen) atoms. The highest BCUT2D eigenvalue weighted by Gasteiger charge is 1.96. The van der Waals surface area contributed by atoms with Crippen molar-refractivity contribution < 1.29 is 0 Å². The summed E-state index contributed by atoms with van der Waals surface area (Å²) in [4.78, 5) is 12.0. The minimum atomic E-state index is 0.618. The second-order valence-electron chi connectivity index (χ2n) is 3.13. The first kappa shape index (κ1) is 10.3. The summed E-state index contributed by atoms with van der Waals surface area (Å²) in [6.07, 6.45) is 4.91. The molecule has 4 N–H and O–H groups in total. The molecule has 0 bridgehead atoms. The molecule has 0 amide bonds. The normalized spacial score (nSPS) is 9.81. The van der Waals surface area contributed by atoms with E-state index in [4.69, 9.17) is 5.84 Å². The molecule has 2 aromatic rings. The smallest absolute Gasteiger partial charge is 0.141 e. The van der Waals surface area contributed by atoms with Crippen molar-refractivity contribution in [1.82, 2.24) is 15.0 Å². The molecule has 0 atom stereocenters. The monoisotopic (exact) mass is 216 g/mol. The van der Waals surface area contributed by atoms with Crippen LogP contribution < -0.4 is 16.6 Å². The molecule has 6 heteroatoms. The minimum absolute atomic E-state index is 0.618. The van der Waals surface area contributed by atoms with Crippen molar-refractivity contribution in [3.05, 3.63) is 42.6 Å². The van der Waals surface area contributed by atoms with Gasteiger partial charge in [-0.2, -0.15) is 0 Å². The predicted octanol–water partition coefficient (Wildman–Crippen LogP) is 0.769. The first-order valence-corrected chi connectivity index (χ1v) is 4.80. The van der Waals surface area contributed by atoms with Gasteiger partial charge in [-0.15, -0.1) is 0 Å². The number of anilines is 2. The standard InChI is InChI=1S/C10H12N6/c11-16-10-5-8(2-4-13-10)14-6-9-1-3-12-7-15-9/h1-5,7H,6,11H2,(H2,13,14,16). The van der Waals surface area contributed by atoms with Crippen LogP contribution in [0.25, 0.3) is 0 Å². The molecule has 0 aliphatic heterocycles. The molecule has 2 aromatic heterocycles. The van der Waals surface area contributed by atoms with Gasteiger partial charge >= 0.3 is 0 Å². The highest BCUT2D eigenvalue weighted by atomic mass is 15.2. The maximum Gasteiger partial charge on any atom is 0.141 e. The van der Waals surface area contributed by atoms with Gasteiger partial charge in [0.25, 0.3) is 0 Å². The van der Waals surface area contributed by atoms with Crippen LogP contribution >= 0.6 is 0 Å². The maximum atomic E-state index is 5.27. The molecule has 2 rings (SSSR count). The summed E-state index contributed by atoms with van der Waals surface area (Å²) in [6.45, 7) is 0.635. The minimum Gasteiger partial charge on any atom is -0.379 e. The SMILES string of the molecule is NNc1cc(NCc2ccncn2)ccn1. The molecule has 0 aromatic carbocycles. The second-order valence-corrected chi connectivity index (χ2v) is 3.13. The van der Waals surface area contributed by atoms with E-state index in [9.17, 15) is 0 Å². The van der Waals surface area contributed by atoms with Gasteiger partial charge in [-0.1, -0.05) is 0 Å². The van der Waals surface area contributed by atoms with E-state index in [1.54, 1.807) is 12.4 Å². The summed E-state index contributed by atoms with van der Waals surface area (Å²) in [5.74, 6) is 5.88. The van der Waals surface area contributed by atoms with Crippen LogP contribution in [0.5, 0.6) is 0 Å². The molecular weight excluding hydrogens is 204 g/mol. The highest BCUT2D eigenvalue weighted by Crippen LogP contribution is 2.11. The summed E-state index contributed by atoms with van der Waals surface area (Å²) in [6, 6.07) is 5.54. The van der Waals surface area contributed by atoms with Crippen LogP contribution in [0.2, 0.25) is 0 Å². The van der Waals surface area contributed by atoms with Crippen molar-refractivity contribution in [3.63, 3.8) is 0 Å². The fraction of sp³-hybridized carbons (Fsp3) is 0.100. The van der Waals surface area contributed by atoms with Gasteiger partial charge in [-0.25, -0.2) is 20.8 Å². The predicted molar refractivity (Wildman–Crippen MR) is 61.4 cm³/mol. The number of nitrogens with one attached hydrogen (secondary N) is 2. The van der Waals surface area contributed by atoms with Gasteiger partial charge in [-0.05, 0) is 12.1 Å². The lowest BCUT2D eigenvalue weighted by Crippen LogP contribution is -2.09. The fourth-order valence-corrected chi connectivity index (χ4v) is 1.23. The Morgan fingerprint density at radius 1 is 1.19 bits per heavy atom. The summed E-state index contributed by atoms with van der Waals surface area (Å²) >= 11 is 0. The topological polar surface area (TPSA) is 88.8 Å². The average molecular weight is 216 g/mol. The van der Waals surface area contributed by atoms with Crippen molar-refractivity contribution >= 4 is 11.5 Å². The molecule has 0 aliphatic carbocycles. The Hall–Kier alpha value is -2.21. The molecule has 0 unspecified atom stereocenters. The van der Waals surface area contributed by atoms with Crippen molar-refractivity contribution in [2.45, 2.75) is 6.54 Å². The van der Waals surface area contributed by atoms with Crippen LogP contribution in [0.3, 0.4) is 0 Å². The summed E-state index contributed by atoms with van der Waals surface area (Å²) in [7, 11) is 0. The van der Waals surface area contributed by atoms with Gasteiger partial charge in [0.1, 0.15) is 12.1 Å². The number of hydrogen-bond acceptors (Lipinski definition) is 6. The molecular formula is C10H12N6. The largest absolute Gasteiger partial charge is 0.379 e. The third-order valence-electron chi connectivity index (χ3n) is 2.02. The molecule has 0 aliphatic rings. The second kappa shape index (κ2) is 5.04. The van der Waals surface area contributed by atoms with Crippen molar-refractivity contribution in [2.24, 2.45) is 5.84 Å². The van der Waals surface area contributed by atoms with Crippen LogP contribution in [0, 0.1) is 0 Å².